The SMILES string of the molecule is CCOc1cc(/C=C(/C#N)C(=O)Nc2ccc(N(CC)CC)cc2)cc(I)c1OCc1c(Cl)cccc1Cl. The average molecular weight is 664 g/mol. The lowest BCUT2D eigenvalue weighted by Gasteiger charge is -2.21. The van der Waals surface area contributed by atoms with Gasteiger partial charge in [-0.2, -0.15) is 5.26 Å². The number of nitrogens with zero attached hydrogens (tertiary/aromatic N) is 2. The van der Waals surface area contributed by atoms with Crippen LogP contribution in [0.4, 0.5) is 11.4 Å². The monoisotopic (exact) mass is 663 g/mol. The van der Waals surface area contributed by atoms with Crippen molar-refractivity contribution < 1.29 is 14.3 Å². The van der Waals surface area contributed by atoms with Gasteiger partial charge in [0.25, 0.3) is 5.91 Å². The van der Waals surface area contributed by atoms with Crippen LogP contribution in [0, 0.1) is 14.9 Å². The van der Waals surface area contributed by atoms with Crippen LogP contribution >= 0.6 is 45.8 Å². The molecule has 0 spiro atoms. The molecule has 3 rings (SSSR count). The molecule has 9 heteroatoms. The van der Waals surface area contributed by atoms with Crippen molar-refractivity contribution >= 4 is 69.2 Å². The predicted octanol–water partition coefficient (Wildman–Crippen LogP) is 7.97. The third-order valence-corrected chi connectivity index (χ3v) is 7.19. The van der Waals surface area contributed by atoms with E-state index < -0.39 is 5.91 Å². The summed E-state index contributed by atoms with van der Waals surface area (Å²) >= 11 is 14.7. The van der Waals surface area contributed by atoms with Gasteiger partial charge >= 0.3 is 0 Å². The second kappa shape index (κ2) is 14.3. The van der Waals surface area contributed by atoms with E-state index in [1.165, 1.54) is 6.08 Å². The molecule has 0 bridgehead atoms. The fraction of sp³-hybridized carbons (Fsp3) is 0.241. The summed E-state index contributed by atoms with van der Waals surface area (Å²) in [6, 6.07) is 18.4. The summed E-state index contributed by atoms with van der Waals surface area (Å²) in [6.07, 6.45) is 1.53. The molecule has 38 heavy (non-hydrogen) atoms. The van der Waals surface area contributed by atoms with Crippen molar-refractivity contribution in [2.45, 2.75) is 27.4 Å². The Balaban J connectivity index is 1.82. The molecular weight excluding hydrogens is 636 g/mol. The van der Waals surface area contributed by atoms with Gasteiger partial charge in [0.1, 0.15) is 18.2 Å². The van der Waals surface area contributed by atoms with E-state index in [0.717, 1.165) is 22.3 Å². The van der Waals surface area contributed by atoms with Gasteiger partial charge < -0.3 is 19.7 Å². The first kappa shape index (κ1) is 29.6. The zero-order chi connectivity index (χ0) is 27.7. The first-order valence-corrected chi connectivity index (χ1v) is 13.9. The minimum Gasteiger partial charge on any atom is -0.490 e. The first-order chi connectivity index (χ1) is 18.3. The average Bonchev–Trinajstić information content (AvgIpc) is 2.90. The van der Waals surface area contributed by atoms with Gasteiger partial charge in [-0.1, -0.05) is 29.3 Å². The van der Waals surface area contributed by atoms with Crippen molar-refractivity contribution in [1.29, 1.82) is 5.26 Å². The van der Waals surface area contributed by atoms with Gasteiger partial charge in [0.15, 0.2) is 11.5 Å². The number of nitriles is 1. The molecule has 0 aromatic heterocycles. The predicted molar refractivity (Wildman–Crippen MR) is 163 cm³/mol. The minimum atomic E-state index is -0.496. The van der Waals surface area contributed by atoms with Crippen molar-refractivity contribution in [2.24, 2.45) is 0 Å². The van der Waals surface area contributed by atoms with Gasteiger partial charge in [0.2, 0.25) is 0 Å². The zero-order valence-electron chi connectivity index (χ0n) is 21.4. The van der Waals surface area contributed by atoms with E-state index in [1.807, 2.05) is 43.3 Å². The lowest BCUT2D eigenvalue weighted by atomic mass is 10.1. The fourth-order valence-electron chi connectivity index (χ4n) is 3.75. The van der Waals surface area contributed by atoms with E-state index in [0.29, 0.717) is 45.0 Å². The molecule has 0 heterocycles. The Morgan fingerprint density at radius 1 is 1.05 bits per heavy atom. The maximum atomic E-state index is 12.9. The summed E-state index contributed by atoms with van der Waals surface area (Å²) in [5, 5.41) is 13.5. The third kappa shape index (κ3) is 7.56. The van der Waals surface area contributed by atoms with Crippen molar-refractivity contribution in [3.63, 3.8) is 0 Å². The number of carbonyl (C=O) groups excluding carboxylic acids is 1. The lowest BCUT2D eigenvalue weighted by molar-refractivity contribution is -0.112. The largest absolute Gasteiger partial charge is 0.490 e. The van der Waals surface area contributed by atoms with Crippen LogP contribution in [0.3, 0.4) is 0 Å². The van der Waals surface area contributed by atoms with E-state index in [-0.39, 0.29) is 12.2 Å². The molecule has 0 aliphatic heterocycles. The number of anilines is 2. The van der Waals surface area contributed by atoms with Crippen LogP contribution in [0.15, 0.2) is 60.2 Å². The highest BCUT2D eigenvalue weighted by Crippen LogP contribution is 2.36. The number of rotatable bonds is 11. The van der Waals surface area contributed by atoms with Crippen LogP contribution in [0.5, 0.6) is 11.5 Å². The molecule has 3 aromatic rings. The number of hydrogen-bond acceptors (Lipinski definition) is 5. The number of nitrogens with one attached hydrogen (secondary N) is 1. The van der Waals surface area contributed by atoms with E-state index in [9.17, 15) is 10.1 Å². The van der Waals surface area contributed by atoms with Gasteiger partial charge in [0, 0.05) is 40.1 Å². The van der Waals surface area contributed by atoms with Crippen molar-refractivity contribution in [1.82, 2.24) is 0 Å². The summed E-state index contributed by atoms with van der Waals surface area (Å²) in [6.45, 7) is 8.39. The smallest absolute Gasteiger partial charge is 0.266 e. The molecule has 0 unspecified atom stereocenters. The molecule has 198 valence electrons. The topological polar surface area (TPSA) is 74.6 Å². The molecule has 6 nitrogen and oxygen atoms in total. The van der Waals surface area contributed by atoms with E-state index in [4.69, 9.17) is 32.7 Å². The molecule has 0 saturated heterocycles. The second-order valence-electron chi connectivity index (χ2n) is 8.09. The van der Waals surface area contributed by atoms with E-state index in [1.54, 1.807) is 24.3 Å². The van der Waals surface area contributed by atoms with Crippen molar-refractivity contribution in [3.8, 4) is 17.6 Å². The standard InChI is InChI=1S/C29H28Cl2IN3O3/c1-4-35(5-2)22-12-10-21(11-13-22)34-29(36)20(17-33)14-19-15-26(32)28(27(16-19)37-6-3)38-18-23-24(30)8-7-9-25(23)31/h7-16H,4-6,18H2,1-3H3,(H,34,36)/b20-14-. The summed E-state index contributed by atoms with van der Waals surface area (Å²) in [7, 11) is 0. The summed E-state index contributed by atoms with van der Waals surface area (Å²) in [5.74, 6) is 0.514. The van der Waals surface area contributed by atoms with Gasteiger partial charge in [0.05, 0.1) is 10.2 Å². The van der Waals surface area contributed by atoms with Crippen LogP contribution in [-0.4, -0.2) is 25.6 Å². The van der Waals surface area contributed by atoms with Crippen LogP contribution in [0.2, 0.25) is 10.0 Å². The highest BCUT2D eigenvalue weighted by Gasteiger charge is 2.16. The number of ether oxygens (including phenoxy) is 2. The quantitative estimate of drug-likeness (QED) is 0.128. The Bertz CT molecular complexity index is 1330. The van der Waals surface area contributed by atoms with Crippen molar-refractivity contribution in [3.05, 3.63) is 84.9 Å². The van der Waals surface area contributed by atoms with Gasteiger partial charge in [-0.3, -0.25) is 4.79 Å². The zero-order valence-corrected chi connectivity index (χ0v) is 25.0. The Morgan fingerprint density at radius 2 is 1.71 bits per heavy atom. The number of hydrogen-bond donors (Lipinski definition) is 1. The molecule has 1 N–H and O–H groups in total. The molecule has 1 amide bonds. The normalized spacial score (nSPS) is 11.0. The molecule has 0 fully saturated rings. The Kier molecular flexibility index (Phi) is 11.1. The van der Waals surface area contributed by atoms with E-state index in [2.05, 4.69) is 46.7 Å². The highest BCUT2D eigenvalue weighted by atomic mass is 127. The molecule has 3 aromatic carbocycles. The fourth-order valence-corrected chi connectivity index (χ4v) is 5.03. The maximum absolute atomic E-state index is 12.9. The first-order valence-electron chi connectivity index (χ1n) is 12.1. The van der Waals surface area contributed by atoms with Crippen LogP contribution in [-0.2, 0) is 11.4 Å². The van der Waals surface area contributed by atoms with Crippen LogP contribution in [0.1, 0.15) is 31.9 Å². The van der Waals surface area contributed by atoms with Crippen molar-refractivity contribution in [2.75, 3.05) is 29.9 Å². The molecule has 0 saturated carbocycles. The molecular formula is C29H28Cl2IN3O3. The Hall–Kier alpha value is -2.93. The Labute approximate surface area is 247 Å². The molecule has 0 atom stereocenters. The lowest BCUT2D eigenvalue weighted by Crippen LogP contribution is -2.21. The van der Waals surface area contributed by atoms with E-state index >= 15 is 0 Å². The molecule has 0 radical (unpaired) electrons. The molecule has 0 aliphatic carbocycles. The maximum Gasteiger partial charge on any atom is 0.266 e. The third-order valence-electron chi connectivity index (χ3n) is 5.68. The molecule has 0 aliphatic rings. The van der Waals surface area contributed by atoms with Crippen LogP contribution < -0.4 is 19.7 Å². The van der Waals surface area contributed by atoms with Gasteiger partial charge in [-0.25, -0.2) is 0 Å². The summed E-state index contributed by atoms with van der Waals surface area (Å²) < 4.78 is 12.6. The number of halogens is 3. The number of amides is 1. The van der Waals surface area contributed by atoms with Gasteiger partial charge in [-0.15, -0.1) is 0 Å². The number of carbonyl (C=O) groups is 1. The van der Waals surface area contributed by atoms with Gasteiger partial charge in [-0.05, 0) is 104 Å². The summed E-state index contributed by atoms with van der Waals surface area (Å²) in [4.78, 5) is 15.1. The van der Waals surface area contributed by atoms with Crippen LogP contribution in [0.25, 0.3) is 6.08 Å². The minimum absolute atomic E-state index is 0.0346. The number of benzene rings is 3. The highest BCUT2D eigenvalue weighted by molar-refractivity contribution is 14.1. The second-order valence-corrected chi connectivity index (χ2v) is 10.1. The Morgan fingerprint density at radius 3 is 2.29 bits per heavy atom. The summed E-state index contributed by atoms with van der Waals surface area (Å²) in [5.41, 5.74) is 2.95.